The summed E-state index contributed by atoms with van der Waals surface area (Å²) < 4.78 is 10.8. The quantitative estimate of drug-likeness (QED) is 0.855. The minimum atomic E-state index is -1.02. The largest absolute Gasteiger partial charge is 0.480 e. The van der Waals surface area contributed by atoms with Gasteiger partial charge in [0.15, 0.2) is 0 Å². The lowest BCUT2D eigenvalue weighted by atomic mass is 10.2. The van der Waals surface area contributed by atoms with E-state index in [0.717, 1.165) is 6.42 Å². The number of methoxy groups -OCH3 is 1. The molecule has 1 amide bonds. The molecule has 23 heavy (non-hydrogen) atoms. The van der Waals surface area contributed by atoms with Crippen LogP contribution < -0.4 is 4.74 Å². The van der Waals surface area contributed by atoms with E-state index in [9.17, 15) is 14.7 Å². The summed E-state index contributed by atoms with van der Waals surface area (Å²) in [6.07, 6.45) is 2.33. The Kier molecular flexibility index (Phi) is 5.54. The molecule has 0 spiro atoms. The molecule has 0 saturated carbocycles. The monoisotopic (exact) mass is 322 g/mol. The Bertz CT molecular complexity index is 577. The number of rotatable bonds is 6. The molecule has 1 aliphatic heterocycles. The summed E-state index contributed by atoms with van der Waals surface area (Å²) in [4.78, 5) is 29.4. The SMILES string of the molecule is CCC(C)Oc1cc(C(=O)N2CC(OC)CC2C(=O)O)ccn1. The molecule has 0 aliphatic carbocycles. The second kappa shape index (κ2) is 7.41. The molecule has 3 unspecified atom stereocenters. The van der Waals surface area contributed by atoms with Crippen molar-refractivity contribution in [1.82, 2.24) is 9.88 Å². The van der Waals surface area contributed by atoms with Gasteiger partial charge in [0, 0.05) is 37.9 Å². The predicted molar refractivity (Wildman–Crippen MR) is 82.5 cm³/mol. The number of hydrogen-bond donors (Lipinski definition) is 1. The maximum Gasteiger partial charge on any atom is 0.326 e. The summed E-state index contributed by atoms with van der Waals surface area (Å²) in [7, 11) is 1.52. The maximum atomic E-state index is 12.7. The number of hydrogen-bond acceptors (Lipinski definition) is 5. The molecule has 7 nitrogen and oxygen atoms in total. The molecule has 7 heteroatoms. The van der Waals surface area contributed by atoms with Crippen LogP contribution in [0.1, 0.15) is 37.0 Å². The van der Waals surface area contributed by atoms with E-state index < -0.39 is 12.0 Å². The molecule has 1 saturated heterocycles. The summed E-state index contributed by atoms with van der Waals surface area (Å²) in [6, 6.07) is 2.23. The Morgan fingerprint density at radius 3 is 2.87 bits per heavy atom. The second-order valence-electron chi connectivity index (χ2n) is 5.62. The average Bonchev–Trinajstić information content (AvgIpc) is 2.99. The highest BCUT2D eigenvalue weighted by Gasteiger charge is 2.40. The zero-order valence-corrected chi connectivity index (χ0v) is 13.6. The van der Waals surface area contributed by atoms with Gasteiger partial charge < -0.3 is 19.5 Å². The molecule has 126 valence electrons. The Labute approximate surface area is 135 Å². The van der Waals surface area contributed by atoms with E-state index >= 15 is 0 Å². The lowest BCUT2D eigenvalue weighted by Gasteiger charge is -2.21. The van der Waals surface area contributed by atoms with Gasteiger partial charge in [-0.1, -0.05) is 6.92 Å². The van der Waals surface area contributed by atoms with Gasteiger partial charge in [0.2, 0.25) is 5.88 Å². The highest BCUT2D eigenvalue weighted by Crippen LogP contribution is 2.23. The zero-order valence-electron chi connectivity index (χ0n) is 13.6. The van der Waals surface area contributed by atoms with E-state index in [1.54, 1.807) is 12.1 Å². The van der Waals surface area contributed by atoms with Gasteiger partial charge in [-0.05, 0) is 19.4 Å². The summed E-state index contributed by atoms with van der Waals surface area (Å²) >= 11 is 0. The van der Waals surface area contributed by atoms with Gasteiger partial charge in [0.1, 0.15) is 6.04 Å². The average molecular weight is 322 g/mol. The van der Waals surface area contributed by atoms with Gasteiger partial charge in [-0.15, -0.1) is 0 Å². The number of carbonyl (C=O) groups excluding carboxylic acids is 1. The highest BCUT2D eigenvalue weighted by molar-refractivity contribution is 5.97. The normalized spacial score (nSPS) is 22.0. The highest BCUT2D eigenvalue weighted by atomic mass is 16.5. The van der Waals surface area contributed by atoms with Crippen LogP contribution in [-0.4, -0.2) is 58.8 Å². The van der Waals surface area contributed by atoms with Crippen LogP contribution in [0.25, 0.3) is 0 Å². The molecule has 1 aromatic heterocycles. The first-order chi connectivity index (χ1) is 11.0. The molecule has 1 aliphatic rings. The van der Waals surface area contributed by atoms with E-state index in [4.69, 9.17) is 9.47 Å². The van der Waals surface area contributed by atoms with Gasteiger partial charge in [0.25, 0.3) is 5.91 Å². The third-order valence-corrected chi connectivity index (χ3v) is 4.02. The number of nitrogens with zero attached hydrogens (tertiary/aromatic N) is 2. The number of ether oxygens (including phenoxy) is 2. The van der Waals surface area contributed by atoms with Gasteiger partial charge in [-0.25, -0.2) is 9.78 Å². The van der Waals surface area contributed by atoms with Crippen LogP contribution in [0.5, 0.6) is 5.88 Å². The fraction of sp³-hybridized carbons (Fsp3) is 0.562. The van der Waals surface area contributed by atoms with E-state index in [1.165, 1.54) is 18.2 Å². The summed E-state index contributed by atoms with van der Waals surface area (Å²) in [6.45, 7) is 4.17. The molecule has 1 aromatic rings. The van der Waals surface area contributed by atoms with Crippen LogP contribution in [-0.2, 0) is 9.53 Å². The van der Waals surface area contributed by atoms with Crippen molar-refractivity contribution in [2.24, 2.45) is 0 Å². The van der Waals surface area contributed by atoms with E-state index in [1.807, 2.05) is 13.8 Å². The standard InChI is InChI=1S/C16H22N2O5/c1-4-10(2)23-14-7-11(5-6-17-14)15(19)18-9-12(22-3)8-13(18)16(20)21/h5-7,10,12-13H,4,8-9H2,1-3H3,(H,20,21). The van der Waals surface area contributed by atoms with Crippen molar-refractivity contribution in [3.05, 3.63) is 23.9 Å². The number of amides is 1. The maximum absolute atomic E-state index is 12.7. The number of aromatic nitrogens is 1. The smallest absolute Gasteiger partial charge is 0.326 e. The number of carboxylic acid groups (broad SMARTS) is 1. The van der Waals surface area contributed by atoms with Gasteiger partial charge in [-0.2, -0.15) is 0 Å². The second-order valence-corrected chi connectivity index (χ2v) is 5.62. The molecule has 0 bridgehead atoms. The van der Waals surface area contributed by atoms with E-state index in [0.29, 0.717) is 17.9 Å². The third kappa shape index (κ3) is 3.98. The van der Waals surface area contributed by atoms with E-state index in [-0.39, 0.29) is 24.7 Å². The van der Waals surface area contributed by atoms with Crippen molar-refractivity contribution in [3.8, 4) is 5.88 Å². The number of aliphatic carboxylic acids is 1. The Balaban J connectivity index is 2.19. The van der Waals surface area contributed by atoms with Crippen LogP contribution >= 0.6 is 0 Å². The van der Waals surface area contributed by atoms with Crippen LogP contribution in [0, 0.1) is 0 Å². The zero-order chi connectivity index (χ0) is 17.0. The van der Waals surface area contributed by atoms with Crippen molar-refractivity contribution < 1.29 is 24.2 Å². The predicted octanol–water partition coefficient (Wildman–Crippen LogP) is 1.57. The first-order valence-corrected chi connectivity index (χ1v) is 7.65. The Hall–Kier alpha value is -2.15. The molecular weight excluding hydrogens is 300 g/mol. The first kappa shape index (κ1) is 17.2. The number of carbonyl (C=O) groups is 2. The number of carboxylic acids is 1. The fourth-order valence-corrected chi connectivity index (χ4v) is 2.49. The minimum absolute atomic E-state index is 0.00993. The molecule has 0 aromatic carbocycles. The van der Waals surface area contributed by atoms with Crippen molar-refractivity contribution in [1.29, 1.82) is 0 Å². The molecule has 1 fully saturated rings. The van der Waals surface area contributed by atoms with E-state index in [2.05, 4.69) is 4.98 Å². The molecular formula is C16H22N2O5. The number of pyridine rings is 1. The van der Waals surface area contributed by atoms with Crippen molar-refractivity contribution >= 4 is 11.9 Å². The molecule has 3 atom stereocenters. The summed E-state index contributed by atoms with van der Waals surface area (Å²) in [5.41, 5.74) is 0.362. The fourth-order valence-electron chi connectivity index (χ4n) is 2.49. The van der Waals surface area contributed by atoms with Gasteiger partial charge >= 0.3 is 5.97 Å². The lowest BCUT2D eigenvalue weighted by molar-refractivity contribution is -0.141. The molecule has 1 N–H and O–H groups in total. The van der Waals surface area contributed by atoms with Crippen LogP contribution in [0.2, 0.25) is 0 Å². The Morgan fingerprint density at radius 2 is 2.26 bits per heavy atom. The topological polar surface area (TPSA) is 89.0 Å². The minimum Gasteiger partial charge on any atom is -0.480 e. The number of likely N-dealkylation sites (tertiary alicyclic amines) is 1. The van der Waals surface area contributed by atoms with Crippen LogP contribution in [0.15, 0.2) is 18.3 Å². The molecule has 0 radical (unpaired) electrons. The van der Waals surface area contributed by atoms with Crippen molar-refractivity contribution in [3.63, 3.8) is 0 Å². The molecule has 2 rings (SSSR count). The van der Waals surface area contributed by atoms with Crippen LogP contribution in [0.3, 0.4) is 0 Å². The molecule has 2 heterocycles. The third-order valence-electron chi connectivity index (χ3n) is 4.02. The van der Waals surface area contributed by atoms with Gasteiger partial charge in [-0.3, -0.25) is 4.79 Å². The first-order valence-electron chi connectivity index (χ1n) is 7.65. The summed E-state index contributed by atoms with van der Waals surface area (Å²) in [5.74, 6) is -1.02. The van der Waals surface area contributed by atoms with Crippen molar-refractivity contribution in [2.45, 2.75) is 44.9 Å². The Morgan fingerprint density at radius 1 is 1.52 bits per heavy atom. The lowest BCUT2D eigenvalue weighted by Crippen LogP contribution is -2.40. The summed E-state index contributed by atoms with van der Waals surface area (Å²) in [5, 5.41) is 9.31. The van der Waals surface area contributed by atoms with Crippen molar-refractivity contribution in [2.75, 3.05) is 13.7 Å². The van der Waals surface area contributed by atoms with Gasteiger partial charge in [0.05, 0.1) is 12.2 Å². The van der Waals surface area contributed by atoms with Crippen LogP contribution in [0.4, 0.5) is 0 Å².